The first-order chi connectivity index (χ1) is 8.20. The summed E-state index contributed by atoms with van der Waals surface area (Å²) in [5.41, 5.74) is 0.779. The minimum absolute atomic E-state index is 0.365. The topological polar surface area (TPSA) is 54.5 Å². The number of rotatable bonds is 4. The third-order valence-corrected chi connectivity index (χ3v) is 2.90. The number of imide groups is 1. The smallest absolute Gasteiger partial charge is 0.262 e. The van der Waals surface area contributed by atoms with Gasteiger partial charge in [-0.3, -0.25) is 14.5 Å². The molecule has 1 aromatic rings. The van der Waals surface area contributed by atoms with E-state index in [0.29, 0.717) is 23.8 Å². The lowest BCUT2D eigenvalue weighted by Gasteiger charge is -2.20. The van der Waals surface area contributed by atoms with Gasteiger partial charge in [0.1, 0.15) is 6.29 Å². The lowest BCUT2D eigenvalue weighted by atomic mass is 10.1. The molecular formula is C13H13NO3. The molecule has 4 nitrogen and oxygen atoms in total. The Labute approximate surface area is 99.2 Å². The third kappa shape index (κ3) is 1.75. The molecule has 0 N–H and O–H groups in total. The fraction of sp³-hybridized carbons (Fsp3) is 0.308. The van der Waals surface area contributed by atoms with Gasteiger partial charge in [-0.05, 0) is 18.6 Å². The standard InChI is InChI=1S/C13H13NO3/c1-2-5-9(8-15)14-12(16)10-6-3-4-7-11(10)13(14)17/h3-4,6-9H,2,5H2,1H3/t9-/m1/s1. The monoisotopic (exact) mass is 231 g/mol. The summed E-state index contributed by atoms with van der Waals surface area (Å²) in [6.07, 6.45) is 1.93. The number of carbonyl (C=O) groups excluding carboxylic acids is 3. The first-order valence-electron chi connectivity index (χ1n) is 5.63. The van der Waals surface area contributed by atoms with Gasteiger partial charge in [0, 0.05) is 0 Å². The molecule has 4 heteroatoms. The molecule has 0 saturated heterocycles. The fourth-order valence-corrected chi connectivity index (χ4v) is 2.06. The van der Waals surface area contributed by atoms with Crippen LogP contribution in [-0.2, 0) is 4.79 Å². The molecule has 0 radical (unpaired) electrons. The van der Waals surface area contributed by atoms with Crippen LogP contribution in [0.3, 0.4) is 0 Å². The van der Waals surface area contributed by atoms with Crippen molar-refractivity contribution in [3.8, 4) is 0 Å². The van der Waals surface area contributed by atoms with E-state index in [2.05, 4.69) is 0 Å². The third-order valence-electron chi connectivity index (χ3n) is 2.90. The zero-order chi connectivity index (χ0) is 12.4. The molecule has 1 atom stereocenters. The number of carbonyl (C=O) groups is 3. The summed E-state index contributed by atoms with van der Waals surface area (Å²) in [4.78, 5) is 36.1. The highest BCUT2D eigenvalue weighted by atomic mass is 16.2. The molecule has 2 amide bonds. The minimum atomic E-state index is -0.646. The van der Waals surface area contributed by atoms with E-state index < -0.39 is 6.04 Å². The molecule has 0 spiro atoms. The van der Waals surface area contributed by atoms with E-state index >= 15 is 0 Å². The normalized spacial score (nSPS) is 15.9. The molecule has 0 fully saturated rings. The van der Waals surface area contributed by atoms with Crippen molar-refractivity contribution >= 4 is 18.1 Å². The Morgan fingerprint density at radius 3 is 2.12 bits per heavy atom. The second kappa shape index (κ2) is 4.49. The molecule has 1 aromatic carbocycles. The summed E-state index contributed by atoms with van der Waals surface area (Å²) in [5.74, 6) is -0.729. The number of hydrogen-bond acceptors (Lipinski definition) is 3. The number of aldehydes is 1. The lowest BCUT2D eigenvalue weighted by Crippen LogP contribution is -2.40. The van der Waals surface area contributed by atoms with Gasteiger partial charge in [0.25, 0.3) is 11.8 Å². The molecule has 1 aliphatic rings. The number of benzene rings is 1. The molecule has 0 aliphatic carbocycles. The quantitative estimate of drug-likeness (QED) is 0.584. The van der Waals surface area contributed by atoms with Gasteiger partial charge in [0.15, 0.2) is 0 Å². The summed E-state index contributed by atoms with van der Waals surface area (Å²) < 4.78 is 0. The van der Waals surface area contributed by atoms with E-state index in [-0.39, 0.29) is 11.8 Å². The second-order valence-corrected chi connectivity index (χ2v) is 4.02. The van der Waals surface area contributed by atoms with Crippen molar-refractivity contribution in [1.29, 1.82) is 0 Å². The van der Waals surface area contributed by atoms with Crippen molar-refractivity contribution in [2.75, 3.05) is 0 Å². The van der Waals surface area contributed by atoms with E-state index in [0.717, 1.165) is 11.3 Å². The largest absolute Gasteiger partial charge is 0.301 e. The SMILES string of the molecule is CCC[C@H](C=O)N1C(=O)c2ccccc2C1=O. The Balaban J connectivity index is 2.38. The molecule has 0 aromatic heterocycles. The van der Waals surface area contributed by atoms with Crippen molar-refractivity contribution in [3.05, 3.63) is 35.4 Å². The molecular weight excluding hydrogens is 218 g/mol. The van der Waals surface area contributed by atoms with Crippen LogP contribution in [0.15, 0.2) is 24.3 Å². The van der Waals surface area contributed by atoms with Gasteiger partial charge < -0.3 is 4.79 Å². The second-order valence-electron chi connectivity index (χ2n) is 4.02. The molecule has 2 rings (SSSR count). The van der Waals surface area contributed by atoms with E-state index in [1.807, 2.05) is 6.92 Å². The van der Waals surface area contributed by atoms with Crippen LogP contribution in [0, 0.1) is 0 Å². The van der Waals surface area contributed by atoms with Crippen molar-refractivity contribution in [1.82, 2.24) is 4.90 Å². The average molecular weight is 231 g/mol. The van der Waals surface area contributed by atoms with Crippen molar-refractivity contribution in [2.45, 2.75) is 25.8 Å². The van der Waals surface area contributed by atoms with Crippen LogP contribution in [0.5, 0.6) is 0 Å². The molecule has 0 unspecified atom stereocenters. The lowest BCUT2D eigenvalue weighted by molar-refractivity contribution is -0.111. The van der Waals surface area contributed by atoms with Gasteiger partial charge in [-0.2, -0.15) is 0 Å². The Morgan fingerprint density at radius 1 is 1.18 bits per heavy atom. The maximum atomic E-state index is 12.0. The van der Waals surface area contributed by atoms with Crippen LogP contribution < -0.4 is 0 Å². The average Bonchev–Trinajstić information content (AvgIpc) is 2.61. The van der Waals surface area contributed by atoms with Gasteiger partial charge in [-0.15, -0.1) is 0 Å². The molecule has 0 saturated carbocycles. The molecule has 1 heterocycles. The zero-order valence-electron chi connectivity index (χ0n) is 9.55. The Hall–Kier alpha value is -1.97. The molecule has 88 valence electrons. The summed E-state index contributed by atoms with van der Waals surface area (Å²) in [6, 6.07) is 6.01. The van der Waals surface area contributed by atoms with Gasteiger partial charge in [-0.25, -0.2) is 0 Å². The van der Waals surface area contributed by atoms with Gasteiger partial charge in [0.2, 0.25) is 0 Å². The van der Waals surface area contributed by atoms with Gasteiger partial charge in [0.05, 0.1) is 17.2 Å². The van der Waals surface area contributed by atoms with Crippen LogP contribution in [0.25, 0.3) is 0 Å². The zero-order valence-corrected chi connectivity index (χ0v) is 9.55. The van der Waals surface area contributed by atoms with E-state index in [9.17, 15) is 14.4 Å². The highest BCUT2D eigenvalue weighted by molar-refractivity contribution is 6.22. The summed E-state index contributed by atoms with van der Waals surface area (Å²) in [6.45, 7) is 1.91. The predicted molar refractivity (Wildman–Crippen MR) is 61.7 cm³/mol. The molecule has 1 aliphatic heterocycles. The first kappa shape index (κ1) is 11.5. The summed E-state index contributed by atoms with van der Waals surface area (Å²) in [5, 5.41) is 0. The fourth-order valence-electron chi connectivity index (χ4n) is 2.06. The van der Waals surface area contributed by atoms with Crippen LogP contribution in [-0.4, -0.2) is 29.0 Å². The number of fused-ring (bicyclic) bond motifs is 1. The number of amides is 2. The summed E-state index contributed by atoms with van der Waals surface area (Å²) >= 11 is 0. The Morgan fingerprint density at radius 2 is 1.71 bits per heavy atom. The van der Waals surface area contributed by atoms with Crippen molar-refractivity contribution in [2.24, 2.45) is 0 Å². The Kier molecular flexibility index (Phi) is 3.04. The molecule has 0 bridgehead atoms. The van der Waals surface area contributed by atoms with Crippen molar-refractivity contribution in [3.63, 3.8) is 0 Å². The molecule has 17 heavy (non-hydrogen) atoms. The summed E-state index contributed by atoms with van der Waals surface area (Å²) in [7, 11) is 0. The van der Waals surface area contributed by atoms with Crippen molar-refractivity contribution < 1.29 is 14.4 Å². The van der Waals surface area contributed by atoms with E-state index in [4.69, 9.17) is 0 Å². The van der Waals surface area contributed by atoms with Crippen LogP contribution >= 0.6 is 0 Å². The van der Waals surface area contributed by atoms with Crippen LogP contribution in [0.1, 0.15) is 40.5 Å². The highest BCUT2D eigenvalue weighted by Gasteiger charge is 2.39. The van der Waals surface area contributed by atoms with Gasteiger partial charge >= 0.3 is 0 Å². The maximum Gasteiger partial charge on any atom is 0.262 e. The van der Waals surface area contributed by atoms with Crippen LogP contribution in [0.4, 0.5) is 0 Å². The Bertz CT molecular complexity index is 446. The van der Waals surface area contributed by atoms with Gasteiger partial charge in [-0.1, -0.05) is 25.5 Å². The highest BCUT2D eigenvalue weighted by Crippen LogP contribution is 2.25. The van der Waals surface area contributed by atoms with Crippen LogP contribution in [0.2, 0.25) is 0 Å². The minimum Gasteiger partial charge on any atom is -0.301 e. The number of nitrogens with zero attached hydrogens (tertiary/aromatic N) is 1. The first-order valence-corrected chi connectivity index (χ1v) is 5.63. The number of hydrogen-bond donors (Lipinski definition) is 0. The maximum absolute atomic E-state index is 12.0. The van der Waals surface area contributed by atoms with E-state index in [1.165, 1.54) is 0 Å². The predicted octanol–water partition coefficient (Wildman–Crippen LogP) is 1.65. The van der Waals surface area contributed by atoms with E-state index in [1.54, 1.807) is 24.3 Å².